The minimum absolute atomic E-state index is 0.106. The van der Waals surface area contributed by atoms with Crippen LogP contribution in [0, 0.1) is 0 Å². The SMILES string of the molecule is O=C(O)C(Cl)(Cl)Oc1c(Cl)c(Cl)c(Cl)c(Cl)c1Cl. The summed E-state index contributed by atoms with van der Waals surface area (Å²) in [4.78, 5) is 10.7. The highest BCUT2D eigenvalue weighted by molar-refractivity contribution is 6.57. The number of carboxylic acids is 1. The third-order valence-corrected chi connectivity index (χ3v) is 4.37. The molecule has 0 heterocycles. The molecule has 0 bridgehead atoms. The van der Waals surface area contributed by atoms with Gasteiger partial charge in [-0.2, -0.15) is 0 Å². The molecule has 1 rings (SSSR count). The van der Waals surface area contributed by atoms with Gasteiger partial charge in [0.25, 0.3) is 0 Å². The minimum Gasteiger partial charge on any atom is -0.476 e. The number of ether oxygens (including phenoxy) is 1. The summed E-state index contributed by atoms with van der Waals surface area (Å²) in [6.45, 7) is 0. The van der Waals surface area contributed by atoms with Crippen molar-refractivity contribution >= 4 is 87.2 Å². The summed E-state index contributed by atoms with van der Waals surface area (Å²) < 4.78 is 2.18. The molecule has 0 aliphatic rings. The molecule has 1 N–H and O–H groups in total. The molecule has 1 aromatic rings. The third kappa shape index (κ3) is 3.15. The van der Waals surface area contributed by atoms with Crippen molar-refractivity contribution in [3.8, 4) is 5.75 Å². The summed E-state index contributed by atoms with van der Waals surface area (Å²) in [7, 11) is 0. The molecule has 0 atom stereocenters. The molecular formula is C8HCl7O3. The monoisotopic (exact) mass is 390 g/mol. The largest absolute Gasteiger partial charge is 0.476 e. The van der Waals surface area contributed by atoms with E-state index in [-0.39, 0.29) is 30.9 Å². The first-order valence-electron chi connectivity index (χ1n) is 3.91. The van der Waals surface area contributed by atoms with E-state index in [1.165, 1.54) is 0 Å². The van der Waals surface area contributed by atoms with Gasteiger partial charge in [-0.1, -0.05) is 58.0 Å². The van der Waals surface area contributed by atoms with Gasteiger partial charge in [0.05, 0.1) is 15.1 Å². The zero-order chi connectivity index (χ0) is 14.2. The Morgan fingerprint density at radius 1 is 0.889 bits per heavy atom. The minimum atomic E-state index is -2.60. The summed E-state index contributed by atoms with van der Waals surface area (Å²) in [5, 5.41) is 7.74. The van der Waals surface area contributed by atoms with Crippen molar-refractivity contribution in [2.75, 3.05) is 0 Å². The molecule has 0 aliphatic carbocycles. The highest BCUT2D eigenvalue weighted by atomic mass is 35.5. The Labute approximate surface area is 136 Å². The van der Waals surface area contributed by atoms with E-state index in [2.05, 4.69) is 0 Å². The quantitative estimate of drug-likeness (QED) is 0.416. The van der Waals surface area contributed by atoms with Crippen LogP contribution in [-0.4, -0.2) is 15.6 Å². The molecule has 18 heavy (non-hydrogen) atoms. The second-order valence-corrected chi connectivity index (χ2v) is 5.97. The number of rotatable bonds is 3. The molecule has 10 heteroatoms. The second kappa shape index (κ2) is 5.88. The Hall–Kier alpha value is 0.520. The van der Waals surface area contributed by atoms with Gasteiger partial charge in [0.2, 0.25) is 0 Å². The Balaban J connectivity index is 3.39. The van der Waals surface area contributed by atoms with E-state index in [0.717, 1.165) is 0 Å². The lowest BCUT2D eigenvalue weighted by atomic mass is 10.3. The van der Waals surface area contributed by atoms with Crippen molar-refractivity contribution < 1.29 is 14.6 Å². The molecule has 100 valence electrons. The van der Waals surface area contributed by atoms with E-state index < -0.39 is 10.5 Å². The third-order valence-electron chi connectivity index (χ3n) is 1.65. The molecule has 0 spiro atoms. The molecule has 0 aromatic heterocycles. The fourth-order valence-electron chi connectivity index (χ4n) is 0.846. The molecule has 1 aromatic carbocycles. The number of halogens is 7. The van der Waals surface area contributed by atoms with E-state index in [1.807, 2.05) is 0 Å². The average Bonchev–Trinajstić information content (AvgIpc) is 2.29. The van der Waals surface area contributed by atoms with Crippen molar-refractivity contribution in [3.63, 3.8) is 0 Å². The number of carbonyl (C=O) groups is 1. The normalized spacial score (nSPS) is 11.5. The number of aliphatic carboxylic acids is 1. The molecule has 3 nitrogen and oxygen atoms in total. The summed E-state index contributed by atoms with van der Waals surface area (Å²) in [6, 6.07) is 0. The van der Waals surface area contributed by atoms with Gasteiger partial charge in [0, 0.05) is 0 Å². The predicted octanol–water partition coefficient (Wildman–Crippen LogP) is 5.55. The van der Waals surface area contributed by atoms with Gasteiger partial charge in [-0.25, -0.2) is 4.79 Å². The van der Waals surface area contributed by atoms with Crippen LogP contribution in [0.25, 0.3) is 0 Å². The number of alkyl halides is 2. The van der Waals surface area contributed by atoms with Crippen molar-refractivity contribution in [2.45, 2.75) is 4.52 Å². The fraction of sp³-hybridized carbons (Fsp3) is 0.125. The van der Waals surface area contributed by atoms with Crippen LogP contribution in [0.4, 0.5) is 0 Å². The van der Waals surface area contributed by atoms with E-state index >= 15 is 0 Å². The van der Waals surface area contributed by atoms with E-state index in [4.69, 9.17) is 91.0 Å². The second-order valence-electron chi connectivity index (χ2n) is 2.82. The number of benzene rings is 1. The van der Waals surface area contributed by atoms with Crippen LogP contribution < -0.4 is 4.74 Å². The van der Waals surface area contributed by atoms with Crippen LogP contribution in [0.2, 0.25) is 25.1 Å². The van der Waals surface area contributed by atoms with Crippen molar-refractivity contribution in [2.24, 2.45) is 0 Å². The van der Waals surface area contributed by atoms with Crippen LogP contribution in [0.5, 0.6) is 5.75 Å². The summed E-state index contributed by atoms with van der Waals surface area (Å²) in [6.07, 6.45) is 0. The lowest BCUT2D eigenvalue weighted by Crippen LogP contribution is -2.32. The standard InChI is InChI=1S/C8HCl7O3/c9-1-2(10)4(12)6(5(13)3(1)11)18-8(14,15)7(16)17/h(H,16,17). The molecule has 0 saturated heterocycles. The highest BCUT2D eigenvalue weighted by Gasteiger charge is 2.38. The Kier molecular flexibility index (Phi) is 5.41. The number of carboxylic acid groups (broad SMARTS) is 1. The molecule has 0 fully saturated rings. The number of hydrogen-bond acceptors (Lipinski definition) is 2. The topological polar surface area (TPSA) is 46.5 Å². The molecule has 0 unspecified atom stereocenters. The van der Waals surface area contributed by atoms with Crippen LogP contribution in [0.1, 0.15) is 0 Å². The smallest absolute Gasteiger partial charge is 0.381 e. The average molecular weight is 393 g/mol. The Bertz CT molecular complexity index is 485. The molecule has 0 aliphatic heterocycles. The van der Waals surface area contributed by atoms with Gasteiger partial charge in [-0.3, -0.25) is 0 Å². The maximum Gasteiger partial charge on any atom is 0.381 e. The van der Waals surface area contributed by atoms with E-state index in [1.54, 1.807) is 0 Å². The van der Waals surface area contributed by atoms with Gasteiger partial charge in [0.15, 0.2) is 5.75 Å². The molecular weight excluding hydrogens is 392 g/mol. The zero-order valence-electron chi connectivity index (χ0n) is 7.91. The maximum absolute atomic E-state index is 10.7. The molecule has 0 amide bonds. The van der Waals surface area contributed by atoms with Crippen molar-refractivity contribution in [1.82, 2.24) is 0 Å². The Morgan fingerprint density at radius 2 is 1.22 bits per heavy atom. The highest BCUT2D eigenvalue weighted by Crippen LogP contribution is 2.49. The van der Waals surface area contributed by atoms with Crippen molar-refractivity contribution in [3.05, 3.63) is 25.1 Å². The lowest BCUT2D eigenvalue weighted by molar-refractivity contribution is -0.143. The summed E-state index contributed by atoms with van der Waals surface area (Å²) >= 11 is 39.6. The van der Waals surface area contributed by atoms with E-state index in [0.29, 0.717) is 0 Å². The fourth-order valence-corrected chi connectivity index (χ4v) is 2.20. The van der Waals surface area contributed by atoms with Crippen molar-refractivity contribution in [1.29, 1.82) is 0 Å². The van der Waals surface area contributed by atoms with Gasteiger partial charge in [-0.15, -0.1) is 0 Å². The first-order valence-corrected chi connectivity index (χ1v) is 6.55. The van der Waals surface area contributed by atoms with Crippen LogP contribution in [-0.2, 0) is 4.79 Å². The molecule has 0 radical (unpaired) electrons. The zero-order valence-corrected chi connectivity index (χ0v) is 13.2. The summed E-state index contributed by atoms with van der Waals surface area (Å²) in [5.41, 5.74) is 0. The van der Waals surface area contributed by atoms with Crippen LogP contribution in [0.15, 0.2) is 0 Å². The van der Waals surface area contributed by atoms with Gasteiger partial charge in [0.1, 0.15) is 10.0 Å². The summed E-state index contributed by atoms with van der Waals surface area (Å²) in [5.74, 6) is -2.05. The van der Waals surface area contributed by atoms with Gasteiger partial charge in [-0.05, 0) is 23.2 Å². The van der Waals surface area contributed by atoms with Crippen LogP contribution >= 0.6 is 81.2 Å². The lowest BCUT2D eigenvalue weighted by Gasteiger charge is -2.19. The first-order chi connectivity index (χ1) is 8.09. The van der Waals surface area contributed by atoms with Gasteiger partial charge < -0.3 is 9.84 Å². The van der Waals surface area contributed by atoms with Crippen LogP contribution in [0.3, 0.4) is 0 Å². The first kappa shape index (κ1) is 16.6. The predicted molar refractivity (Wildman–Crippen MR) is 74.2 cm³/mol. The number of hydrogen-bond donors (Lipinski definition) is 1. The van der Waals surface area contributed by atoms with Gasteiger partial charge >= 0.3 is 10.5 Å². The maximum atomic E-state index is 10.7. The molecule has 0 saturated carbocycles. The van der Waals surface area contributed by atoms with E-state index in [9.17, 15) is 4.79 Å². The Morgan fingerprint density at radius 3 is 1.56 bits per heavy atom.